The van der Waals surface area contributed by atoms with Crippen molar-refractivity contribution in [2.24, 2.45) is 0 Å². The maximum atomic E-state index is 13.0. The molecule has 1 nitrogen and oxygen atoms in total. The van der Waals surface area contributed by atoms with E-state index in [0.29, 0.717) is 0 Å². The second-order valence-corrected chi connectivity index (χ2v) is 3.14. The van der Waals surface area contributed by atoms with Crippen molar-refractivity contribution < 1.29 is 9.50 Å². The second-order valence-electron chi connectivity index (χ2n) is 3.14. The maximum Gasteiger partial charge on any atom is 0.123 e. The van der Waals surface area contributed by atoms with Crippen LogP contribution in [0.15, 0.2) is 18.2 Å². The highest BCUT2D eigenvalue weighted by Crippen LogP contribution is 2.17. The average Bonchev–Trinajstić information content (AvgIpc) is 2.15. The third kappa shape index (κ3) is 2.52. The van der Waals surface area contributed by atoms with Crippen molar-refractivity contribution in [3.63, 3.8) is 0 Å². The lowest BCUT2D eigenvalue weighted by Crippen LogP contribution is -2.01. The molecule has 0 heterocycles. The van der Waals surface area contributed by atoms with Crippen molar-refractivity contribution in [3.8, 4) is 0 Å². The molecule has 0 spiro atoms. The third-order valence-corrected chi connectivity index (χ3v) is 2.10. The zero-order valence-corrected chi connectivity index (χ0v) is 7.97. The molecule has 0 unspecified atom stereocenters. The van der Waals surface area contributed by atoms with Gasteiger partial charge in [0.25, 0.3) is 0 Å². The minimum Gasteiger partial charge on any atom is -0.395 e. The first-order valence-electron chi connectivity index (χ1n) is 4.40. The lowest BCUT2D eigenvalue weighted by molar-refractivity contribution is 0.315. The van der Waals surface area contributed by atoms with Crippen LogP contribution in [0.25, 0.3) is 0 Å². The Morgan fingerprint density at radius 3 is 2.62 bits per heavy atom. The van der Waals surface area contributed by atoms with Gasteiger partial charge in [-0.15, -0.1) is 0 Å². The number of hydrogen-bond acceptors (Lipinski definition) is 1. The minimum absolute atomic E-state index is 0.0212. The van der Waals surface area contributed by atoms with Crippen LogP contribution < -0.4 is 0 Å². The van der Waals surface area contributed by atoms with E-state index < -0.39 is 0 Å². The number of hydrogen-bond donors (Lipinski definition) is 1. The van der Waals surface area contributed by atoms with Crippen molar-refractivity contribution >= 4 is 0 Å². The molecule has 0 bridgehead atoms. The highest BCUT2D eigenvalue weighted by molar-refractivity contribution is 5.34. The summed E-state index contributed by atoms with van der Waals surface area (Å²) in [5.74, 6) is 0.566. The van der Waals surface area contributed by atoms with Gasteiger partial charge in [-0.1, -0.05) is 19.9 Å². The summed E-state index contributed by atoms with van der Waals surface area (Å²) in [5, 5.41) is 8.88. The van der Waals surface area contributed by atoms with E-state index in [1.54, 1.807) is 6.92 Å². The fourth-order valence-corrected chi connectivity index (χ4v) is 1.19. The van der Waals surface area contributed by atoms with Gasteiger partial charge < -0.3 is 5.11 Å². The van der Waals surface area contributed by atoms with E-state index in [1.807, 2.05) is 13.0 Å². The fourth-order valence-electron chi connectivity index (χ4n) is 1.19. The Labute approximate surface area is 78.2 Å². The largest absolute Gasteiger partial charge is 0.395 e. The molecule has 1 rings (SSSR count). The number of rotatable bonds is 3. The standard InChI is InChI=1S/C11H14FO/c1-3-9-4-10(8(2)7-13)6-11(12)5-9/h4-6,13H,3,7H2,1-2H3. The molecule has 2 heteroatoms. The molecule has 0 aliphatic rings. The van der Waals surface area contributed by atoms with Crippen molar-refractivity contribution in [2.75, 3.05) is 6.61 Å². The summed E-state index contributed by atoms with van der Waals surface area (Å²) in [6.45, 7) is 3.76. The van der Waals surface area contributed by atoms with Crippen molar-refractivity contribution in [2.45, 2.75) is 20.3 Å². The smallest absolute Gasteiger partial charge is 0.123 e. The van der Waals surface area contributed by atoms with Gasteiger partial charge in [0.2, 0.25) is 0 Å². The Morgan fingerprint density at radius 1 is 1.38 bits per heavy atom. The number of aliphatic hydroxyl groups excluding tert-OH is 1. The molecule has 0 atom stereocenters. The Hall–Kier alpha value is -0.890. The molecule has 1 aromatic rings. The minimum atomic E-state index is -0.234. The van der Waals surface area contributed by atoms with Crippen LogP contribution in [-0.2, 0) is 6.42 Å². The molecule has 13 heavy (non-hydrogen) atoms. The highest BCUT2D eigenvalue weighted by Gasteiger charge is 2.07. The van der Waals surface area contributed by atoms with Crippen LogP contribution in [-0.4, -0.2) is 11.7 Å². The van der Waals surface area contributed by atoms with Gasteiger partial charge in [-0.2, -0.15) is 0 Å². The Morgan fingerprint density at radius 2 is 2.08 bits per heavy atom. The number of aliphatic hydroxyl groups is 1. The molecule has 0 fully saturated rings. The van der Waals surface area contributed by atoms with Crippen LogP contribution >= 0.6 is 0 Å². The van der Waals surface area contributed by atoms with Crippen LogP contribution in [0.3, 0.4) is 0 Å². The van der Waals surface area contributed by atoms with Gasteiger partial charge >= 0.3 is 0 Å². The van der Waals surface area contributed by atoms with Gasteiger partial charge in [0.1, 0.15) is 5.82 Å². The van der Waals surface area contributed by atoms with Crippen molar-refractivity contribution in [1.29, 1.82) is 0 Å². The molecule has 0 aliphatic carbocycles. The molecular formula is C11H14FO. The van der Waals surface area contributed by atoms with E-state index in [2.05, 4.69) is 0 Å². The summed E-state index contributed by atoms with van der Waals surface area (Å²) >= 11 is 0. The SMILES string of the molecule is CCc1cc(F)cc([C](C)CO)c1. The molecule has 0 saturated heterocycles. The second kappa shape index (κ2) is 4.38. The predicted octanol–water partition coefficient (Wildman–Crippen LogP) is 2.32. The first-order chi connectivity index (χ1) is 6.17. The molecule has 0 amide bonds. The van der Waals surface area contributed by atoms with Crippen molar-refractivity contribution in [1.82, 2.24) is 0 Å². The van der Waals surface area contributed by atoms with Gasteiger partial charge in [0, 0.05) is 5.92 Å². The summed E-state index contributed by atoms with van der Waals surface area (Å²) < 4.78 is 13.0. The summed E-state index contributed by atoms with van der Waals surface area (Å²) in [6.07, 6.45) is 0.809. The quantitative estimate of drug-likeness (QED) is 0.758. The number of halogens is 1. The summed E-state index contributed by atoms with van der Waals surface area (Å²) in [6, 6.07) is 4.88. The first kappa shape index (κ1) is 10.2. The van der Waals surface area contributed by atoms with E-state index in [9.17, 15) is 4.39 Å². The molecular weight excluding hydrogens is 167 g/mol. The molecule has 1 N–H and O–H groups in total. The topological polar surface area (TPSA) is 20.2 Å². The molecule has 0 aliphatic heterocycles. The molecule has 0 aromatic heterocycles. The van der Waals surface area contributed by atoms with Crippen LogP contribution in [0.4, 0.5) is 4.39 Å². The van der Waals surface area contributed by atoms with Crippen LogP contribution in [0.5, 0.6) is 0 Å². The lowest BCUT2D eigenvalue weighted by atomic mass is 9.99. The third-order valence-electron chi connectivity index (χ3n) is 2.10. The number of aryl methyl sites for hydroxylation is 1. The van der Waals surface area contributed by atoms with Gasteiger partial charge in [0.15, 0.2) is 0 Å². The monoisotopic (exact) mass is 181 g/mol. The maximum absolute atomic E-state index is 13.0. The Kier molecular flexibility index (Phi) is 3.43. The van der Waals surface area contributed by atoms with Gasteiger partial charge in [0.05, 0.1) is 6.61 Å². The molecule has 1 radical (unpaired) electrons. The van der Waals surface area contributed by atoms with E-state index in [4.69, 9.17) is 5.11 Å². The van der Waals surface area contributed by atoms with E-state index in [0.717, 1.165) is 23.5 Å². The summed E-state index contributed by atoms with van der Waals surface area (Å²) in [5.41, 5.74) is 1.75. The van der Waals surface area contributed by atoms with E-state index >= 15 is 0 Å². The number of benzene rings is 1. The normalized spacial score (nSPS) is 10.8. The Bertz CT molecular complexity index is 283. The lowest BCUT2D eigenvalue weighted by Gasteiger charge is -2.09. The summed E-state index contributed by atoms with van der Waals surface area (Å²) in [7, 11) is 0. The predicted molar refractivity (Wildman–Crippen MR) is 50.9 cm³/mol. The van der Waals surface area contributed by atoms with Gasteiger partial charge in [-0.25, -0.2) is 4.39 Å². The molecule has 0 saturated carbocycles. The fraction of sp³-hybridized carbons (Fsp3) is 0.364. The van der Waals surface area contributed by atoms with Crippen molar-refractivity contribution in [3.05, 3.63) is 41.1 Å². The van der Waals surface area contributed by atoms with Crippen LogP contribution in [0.2, 0.25) is 0 Å². The Balaban J connectivity index is 3.01. The molecule has 1 aromatic carbocycles. The van der Waals surface area contributed by atoms with Gasteiger partial charge in [-0.3, -0.25) is 0 Å². The van der Waals surface area contributed by atoms with Gasteiger partial charge in [-0.05, 0) is 29.7 Å². The van der Waals surface area contributed by atoms with Crippen LogP contribution in [0, 0.1) is 11.7 Å². The average molecular weight is 181 g/mol. The molecule has 71 valence electrons. The zero-order valence-electron chi connectivity index (χ0n) is 7.97. The zero-order chi connectivity index (χ0) is 9.84. The van der Waals surface area contributed by atoms with E-state index in [1.165, 1.54) is 12.1 Å². The van der Waals surface area contributed by atoms with E-state index in [-0.39, 0.29) is 12.4 Å². The highest BCUT2D eigenvalue weighted by atomic mass is 19.1. The van der Waals surface area contributed by atoms with Crippen LogP contribution in [0.1, 0.15) is 25.0 Å². The first-order valence-corrected chi connectivity index (χ1v) is 4.40. The summed E-state index contributed by atoms with van der Waals surface area (Å²) in [4.78, 5) is 0.